The molecule has 0 spiro atoms. The number of hydrogen-bond acceptors (Lipinski definition) is 4. The van der Waals surface area contributed by atoms with Gasteiger partial charge in [-0.1, -0.05) is 19.9 Å². The summed E-state index contributed by atoms with van der Waals surface area (Å²) < 4.78 is 10.8. The van der Waals surface area contributed by atoms with E-state index in [9.17, 15) is 4.79 Å². The van der Waals surface area contributed by atoms with Gasteiger partial charge in [-0.3, -0.25) is 4.79 Å². The van der Waals surface area contributed by atoms with Crippen molar-refractivity contribution >= 4 is 5.91 Å². The lowest BCUT2D eigenvalue weighted by Crippen LogP contribution is -2.38. The lowest BCUT2D eigenvalue weighted by Gasteiger charge is -2.18. The first-order chi connectivity index (χ1) is 9.97. The molecule has 0 saturated heterocycles. The molecule has 0 bridgehead atoms. The molecule has 5 nitrogen and oxygen atoms in total. The summed E-state index contributed by atoms with van der Waals surface area (Å²) >= 11 is 0. The maximum atomic E-state index is 11.8. The Balaban J connectivity index is 2.64. The molecule has 1 aromatic rings. The molecule has 21 heavy (non-hydrogen) atoms. The summed E-state index contributed by atoms with van der Waals surface area (Å²) in [4.78, 5) is 11.8. The monoisotopic (exact) mass is 294 g/mol. The second-order valence-corrected chi connectivity index (χ2v) is 5.41. The zero-order valence-corrected chi connectivity index (χ0v) is 13.3. The van der Waals surface area contributed by atoms with Crippen molar-refractivity contribution in [1.29, 1.82) is 0 Å². The zero-order chi connectivity index (χ0) is 15.8. The van der Waals surface area contributed by atoms with Gasteiger partial charge in [0.05, 0.1) is 7.11 Å². The molecule has 0 saturated carbocycles. The Bertz CT molecular complexity index is 461. The Morgan fingerprint density at radius 2 is 2.00 bits per heavy atom. The number of hydrogen-bond donors (Lipinski definition) is 2. The highest BCUT2D eigenvalue weighted by Gasteiger charge is 2.12. The number of amides is 1. The van der Waals surface area contributed by atoms with Crippen molar-refractivity contribution in [3.8, 4) is 11.5 Å². The average Bonchev–Trinajstić information content (AvgIpc) is 2.45. The molecule has 5 heteroatoms. The normalized spacial score (nSPS) is 12.1. The Kier molecular flexibility index (Phi) is 7.02. The van der Waals surface area contributed by atoms with Crippen LogP contribution in [0.25, 0.3) is 0 Å². The molecule has 118 valence electrons. The molecule has 1 unspecified atom stereocenters. The van der Waals surface area contributed by atoms with E-state index in [1.54, 1.807) is 7.11 Å². The molecular formula is C16H26N2O3. The van der Waals surface area contributed by atoms with Crippen molar-refractivity contribution in [1.82, 2.24) is 5.32 Å². The van der Waals surface area contributed by atoms with Crippen LogP contribution in [0.15, 0.2) is 18.2 Å². The Labute approximate surface area is 126 Å². The summed E-state index contributed by atoms with van der Waals surface area (Å²) in [5, 5.41) is 2.90. The zero-order valence-electron chi connectivity index (χ0n) is 13.3. The van der Waals surface area contributed by atoms with Gasteiger partial charge >= 0.3 is 0 Å². The Hall–Kier alpha value is -1.75. The average molecular weight is 294 g/mol. The fourth-order valence-corrected chi connectivity index (χ4v) is 1.76. The number of rotatable bonds is 8. The number of benzene rings is 1. The summed E-state index contributed by atoms with van der Waals surface area (Å²) in [5.41, 5.74) is 6.61. The molecule has 0 aliphatic carbocycles. The van der Waals surface area contributed by atoms with E-state index in [1.165, 1.54) is 0 Å². The smallest absolute Gasteiger partial charge is 0.258 e. The summed E-state index contributed by atoms with van der Waals surface area (Å²) in [7, 11) is 1.58. The van der Waals surface area contributed by atoms with Gasteiger partial charge in [-0.25, -0.2) is 0 Å². The van der Waals surface area contributed by atoms with E-state index in [1.807, 2.05) is 25.1 Å². The molecule has 0 aliphatic heterocycles. The van der Waals surface area contributed by atoms with Gasteiger partial charge in [0, 0.05) is 6.04 Å². The maximum absolute atomic E-state index is 11.8. The van der Waals surface area contributed by atoms with E-state index in [-0.39, 0.29) is 18.6 Å². The molecule has 1 atom stereocenters. The minimum atomic E-state index is -0.137. The molecule has 0 aromatic heterocycles. The van der Waals surface area contributed by atoms with Gasteiger partial charge in [-0.2, -0.15) is 0 Å². The highest BCUT2D eigenvalue weighted by molar-refractivity contribution is 5.77. The predicted octanol–water partition coefficient (Wildman–Crippen LogP) is 1.74. The first-order valence-corrected chi connectivity index (χ1v) is 7.27. The topological polar surface area (TPSA) is 73.6 Å². The van der Waals surface area contributed by atoms with Crippen LogP contribution in [0.5, 0.6) is 11.5 Å². The fourth-order valence-electron chi connectivity index (χ4n) is 1.76. The second-order valence-electron chi connectivity index (χ2n) is 5.41. The predicted molar refractivity (Wildman–Crippen MR) is 83.7 cm³/mol. The van der Waals surface area contributed by atoms with Gasteiger partial charge < -0.3 is 20.5 Å². The van der Waals surface area contributed by atoms with Crippen molar-refractivity contribution in [2.75, 3.05) is 20.3 Å². The van der Waals surface area contributed by atoms with E-state index in [0.717, 1.165) is 12.0 Å². The van der Waals surface area contributed by atoms with Crippen LogP contribution in [0.1, 0.15) is 26.3 Å². The van der Waals surface area contributed by atoms with E-state index in [4.69, 9.17) is 15.2 Å². The SMILES string of the molecule is COc1ccc(CCN)cc1OCC(=O)NC(C)C(C)C. The van der Waals surface area contributed by atoms with Crippen LogP contribution in [0.4, 0.5) is 0 Å². The highest BCUT2D eigenvalue weighted by atomic mass is 16.5. The highest BCUT2D eigenvalue weighted by Crippen LogP contribution is 2.28. The van der Waals surface area contributed by atoms with Crippen LogP contribution >= 0.6 is 0 Å². The molecule has 0 heterocycles. The lowest BCUT2D eigenvalue weighted by molar-refractivity contribution is -0.124. The first-order valence-electron chi connectivity index (χ1n) is 7.27. The van der Waals surface area contributed by atoms with Crippen LogP contribution in [0, 0.1) is 5.92 Å². The molecule has 0 radical (unpaired) electrons. The van der Waals surface area contributed by atoms with Gasteiger partial charge in [0.25, 0.3) is 5.91 Å². The molecule has 1 aromatic carbocycles. The van der Waals surface area contributed by atoms with Gasteiger partial charge in [-0.05, 0) is 43.5 Å². The number of carbonyl (C=O) groups is 1. The number of methoxy groups -OCH3 is 1. The minimum absolute atomic E-state index is 0.0283. The molecule has 0 aliphatic rings. The summed E-state index contributed by atoms with van der Waals surface area (Å²) in [6, 6.07) is 5.76. The van der Waals surface area contributed by atoms with Crippen LogP contribution in [-0.4, -0.2) is 32.2 Å². The number of nitrogens with one attached hydrogen (secondary N) is 1. The third-order valence-electron chi connectivity index (χ3n) is 3.41. The first kappa shape index (κ1) is 17.3. The maximum Gasteiger partial charge on any atom is 0.258 e. The minimum Gasteiger partial charge on any atom is -0.493 e. The van der Waals surface area contributed by atoms with Crippen LogP contribution < -0.4 is 20.5 Å². The van der Waals surface area contributed by atoms with Crippen molar-refractivity contribution in [2.45, 2.75) is 33.2 Å². The standard InChI is InChI=1S/C16H26N2O3/c1-11(2)12(3)18-16(19)10-21-15-9-13(7-8-17)5-6-14(15)20-4/h5-6,9,11-12H,7-8,10,17H2,1-4H3,(H,18,19). The quantitative estimate of drug-likeness (QED) is 0.766. The van der Waals surface area contributed by atoms with Crippen LogP contribution in [-0.2, 0) is 11.2 Å². The van der Waals surface area contributed by atoms with E-state index in [2.05, 4.69) is 19.2 Å². The molecule has 1 amide bonds. The summed E-state index contributed by atoms with van der Waals surface area (Å²) in [6.45, 7) is 6.64. The van der Waals surface area contributed by atoms with E-state index >= 15 is 0 Å². The Morgan fingerprint density at radius 3 is 2.57 bits per heavy atom. The van der Waals surface area contributed by atoms with Crippen molar-refractivity contribution < 1.29 is 14.3 Å². The third-order valence-corrected chi connectivity index (χ3v) is 3.41. The second kappa shape index (κ2) is 8.52. The van der Waals surface area contributed by atoms with Gasteiger partial charge in [0.15, 0.2) is 18.1 Å². The Morgan fingerprint density at radius 1 is 1.29 bits per heavy atom. The summed E-state index contributed by atoms with van der Waals surface area (Å²) in [6.07, 6.45) is 0.761. The third kappa shape index (κ3) is 5.63. The van der Waals surface area contributed by atoms with E-state index in [0.29, 0.717) is 24.0 Å². The number of nitrogens with two attached hydrogens (primary N) is 1. The van der Waals surface area contributed by atoms with Crippen molar-refractivity contribution in [3.63, 3.8) is 0 Å². The van der Waals surface area contributed by atoms with Crippen molar-refractivity contribution in [3.05, 3.63) is 23.8 Å². The van der Waals surface area contributed by atoms with Gasteiger partial charge in [0.2, 0.25) is 0 Å². The van der Waals surface area contributed by atoms with Gasteiger partial charge in [0.1, 0.15) is 0 Å². The lowest BCUT2D eigenvalue weighted by atomic mass is 10.1. The molecular weight excluding hydrogens is 268 g/mol. The molecule has 3 N–H and O–H groups in total. The van der Waals surface area contributed by atoms with Crippen LogP contribution in [0.2, 0.25) is 0 Å². The number of carbonyl (C=O) groups excluding carboxylic acids is 1. The van der Waals surface area contributed by atoms with Gasteiger partial charge in [-0.15, -0.1) is 0 Å². The fraction of sp³-hybridized carbons (Fsp3) is 0.562. The number of ether oxygens (including phenoxy) is 2. The van der Waals surface area contributed by atoms with Crippen LogP contribution in [0.3, 0.4) is 0 Å². The largest absolute Gasteiger partial charge is 0.493 e. The summed E-state index contributed by atoms with van der Waals surface area (Å²) in [5.74, 6) is 1.43. The van der Waals surface area contributed by atoms with E-state index < -0.39 is 0 Å². The molecule has 0 fully saturated rings. The van der Waals surface area contributed by atoms with Crippen molar-refractivity contribution in [2.24, 2.45) is 11.7 Å². The molecule has 1 rings (SSSR count).